The number of benzene rings is 1. The summed E-state index contributed by atoms with van der Waals surface area (Å²) in [5.41, 5.74) is 2.38. The molecule has 1 aromatic carbocycles. The van der Waals surface area contributed by atoms with E-state index in [0.717, 1.165) is 24.2 Å². The average molecular weight is 288 g/mol. The molecule has 0 unspecified atom stereocenters. The summed E-state index contributed by atoms with van der Waals surface area (Å²) in [6, 6.07) is 8.41. The summed E-state index contributed by atoms with van der Waals surface area (Å²) in [4.78, 5) is 0. The van der Waals surface area contributed by atoms with E-state index in [4.69, 9.17) is 12.2 Å². The molecule has 1 heterocycles. The van der Waals surface area contributed by atoms with Gasteiger partial charge in [-0.15, -0.1) is 0 Å². The second-order valence-electron chi connectivity index (χ2n) is 5.07. The van der Waals surface area contributed by atoms with E-state index < -0.39 is 0 Å². The van der Waals surface area contributed by atoms with E-state index in [9.17, 15) is 0 Å². The minimum Gasteiger partial charge on any atom is -0.250 e. The Morgan fingerprint density at radius 2 is 2.05 bits per heavy atom. The lowest BCUT2D eigenvalue weighted by atomic mass is 10.0. The van der Waals surface area contributed by atoms with Crippen LogP contribution in [0.5, 0.6) is 0 Å². The number of H-pyrrole nitrogens is 1. The molecular weight excluding hydrogens is 268 g/mol. The molecule has 0 aliphatic heterocycles. The van der Waals surface area contributed by atoms with Gasteiger partial charge in [-0.1, -0.05) is 45.0 Å². The predicted octanol–water partition coefficient (Wildman–Crippen LogP) is 3.90. The number of hydrogen-bond acceptors (Lipinski definition) is 3. The van der Waals surface area contributed by atoms with E-state index in [2.05, 4.69) is 60.3 Å². The van der Waals surface area contributed by atoms with Crippen molar-refractivity contribution in [1.82, 2.24) is 14.9 Å². The minimum atomic E-state index is 0.531. The predicted molar refractivity (Wildman–Crippen MR) is 84.9 cm³/mol. The van der Waals surface area contributed by atoms with E-state index in [0.29, 0.717) is 10.7 Å². The van der Waals surface area contributed by atoms with Gasteiger partial charge in [0.25, 0.3) is 0 Å². The second kappa shape index (κ2) is 6.61. The Labute approximate surface area is 124 Å². The van der Waals surface area contributed by atoms with Gasteiger partial charge in [-0.25, -0.2) is 0 Å². The summed E-state index contributed by atoms with van der Waals surface area (Å²) in [5.74, 6) is 1.41. The molecule has 0 atom stereocenters. The molecule has 5 heteroatoms. The quantitative estimate of drug-likeness (QED) is 0.670. The summed E-state index contributed by atoms with van der Waals surface area (Å²) in [5, 5.41) is 11.4. The van der Waals surface area contributed by atoms with Crippen molar-refractivity contribution < 1.29 is 0 Å². The third kappa shape index (κ3) is 3.42. The lowest BCUT2D eigenvalue weighted by Gasteiger charge is -2.04. The van der Waals surface area contributed by atoms with Crippen LogP contribution in [0.2, 0.25) is 0 Å². The molecular formula is C15H20N4S. The highest BCUT2D eigenvalue weighted by molar-refractivity contribution is 7.71. The summed E-state index contributed by atoms with van der Waals surface area (Å²) in [6.07, 6.45) is 3.68. The standard InChI is InChI=1S/C15H20N4S/c1-4-5-14-17-18-15(20)19(14)16-10-12-6-8-13(9-7-12)11(2)3/h6-11H,4-5H2,1-3H3,(H,18,20)/b16-10-. The highest BCUT2D eigenvalue weighted by atomic mass is 32.1. The van der Waals surface area contributed by atoms with Crippen LogP contribution in [0, 0.1) is 4.77 Å². The van der Waals surface area contributed by atoms with Crippen LogP contribution in [0.4, 0.5) is 0 Å². The normalized spacial score (nSPS) is 11.6. The van der Waals surface area contributed by atoms with Gasteiger partial charge in [0, 0.05) is 6.42 Å². The number of aromatic nitrogens is 3. The van der Waals surface area contributed by atoms with E-state index in [1.165, 1.54) is 5.56 Å². The molecule has 0 aliphatic carbocycles. The fraction of sp³-hybridized carbons (Fsp3) is 0.400. The fourth-order valence-electron chi connectivity index (χ4n) is 1.92. The first kappa shape index (κ1) is 14.7. The number of nitrogens with zero attached hydrogens (tertiary/aromatic N) is 3. The van der Waals surface area contributed by atoms with Gasteiger partial charge in [-0.2, -0.15) is 14.9 Å². The zero-order valence-electron chi connectivity index (χ0n) is 12.1. The Bertz CT molecular complexity index is 635. The molecule has 0 fully saturated rings. The Balaban J connectivity index is 2.21. The van der Waals surface area contributed by atoms with Gasteiger partial charge in [0.05, 0.1) is 6.21 Å². The first-order valence-corrected chi connectivity index (χ1v) is 7.33. The molecule has 0 amide bonds. The van der Waals surface area contributed by atoms with Crippen LogP contribution >= 0.6 is 12.2 Å². The first-order chi connectivity index (χ1) is 9.61. The van der Waals surface area contributed by atoms with Gasteiger partial charge >= 0.3 is 0 Å². The van der Waals surface area contributed by atoms with Gasteiger partial charge in [-0.3, -0.25) is 5.10 Å². The molecule has 0 saturated heterocycles. The molecule has 4 nitrogen and oxygen atoms in total. The summed E-state index contributed by atoms with van der Waals surface area (Å²) >= 11 is 5.19. The van der Waals surface area contributed by atoms with Gasteiger partial charge in [-0.05, 0) is 35.7 Å². The summed E-state index contributed by atoms with van der Waals surface area (Å²) < 4.78 is 2.22. The van der Waals surface area contributed by atoms with Crippen LogP contribution in [0.1, 0.15) is 50.1 Å². The van der Waals surface area contributed by atoms with E-state index in [-0.39, 0.29) is 0 Å². The van der Waals surface area contributed by atoms with Crippen LogP contribution in [-0.4, -0.2) is 21.1 Å². The SMILES string of the molecule is CCCc1n[nH]c(=S)n1/N=C\c1ccc(C(C)C)cc1. The number of rotatable bonds is 5. The van der Waals surface area contributed by atoms with Gasteiger partial charge in [0.1, 0.15) is 0 Å². The third-order valence-corrected chi connectivity index (χ3v) is 3.38. The van der Waals surface area contributed by atoms with Crippen molar-refractivity contribution in [2.45, 2.75) is 39.5 Å². The van der Waals surface area contributed by atoms with Crippen molar-refractivity contribution in [1.29, 1.82) is 0 Å². The van der Waals surface area contributed by atoms with Crippen LogP contribution in [-0.2, 0) is 6.42 Å². The average Bonchev–Trinajstić information content (AvgIpc) is 2.78. The molecule has 0 spiro atoms. The van der Waals surface area contributed by atoms with Crippen molar-refractivity contribution in [2.24, 2.45) is 5.10 Å². The largest absolute Gasteiger partial charge is 0.250 e. The molecule has 2 rings (SSSR count). The Morgan fingerprint density at radius 1 is 1.35 bits per heavy atom. The zero-order chi connectivity index (χ0) is 14.5. The first-order valence-electron chi connectivity index (χ1n) is 6.92. The third-order valence-electron chi connectivity index (χ3n) is 3.12. The highest BCUT2D eigenvalue weighted by Crippen LogP contribution is 2.14. The molecule has 0 bridgehead atoms. The van der Waals surface area contributed by atoms with Crippen molar-refractivity contribution in [3.05, 3.63) is 46.0 Å². The maximum Gasteiger partial charge on any atom is 0.216 e. The van der Waals surface area contributed by atoms with Gasteiger partial charge < -0.3 is 0 Å². The smallest absolute Gasteiger partial charge is 0.216 e. The minimum absolute atomic E-state index is 0.531. The van der Waals surface area contributed by atoms with Crippen molar-refractivity contribution in [2.75, 3.05) is 0 Å². The highest BCUT2D eigenvalue weighted by Gasteiger charge is 2.03. The lowest BCUT2D eigenvalue weighted by molar-refractivity contribution is 0.740. The number of nitrogens with one attached hydrogen (secondary N) is 1. The topological polar surface area (TPSA) is 46.0 Å². The van der Waals surface area contributed by atoms with Crippen LogP contribution in [0.15, 0.2) is 29.4 Å². The molecule has 1 aromatic heterocycles. The molecule has 0 saturated carbocycles. The lowest BCUT2D eigenvalue weighted by Crippen LogP contribution is -1.98. The van der Waals surface area contributed by atoms with Gasteiger partial charge in [0.15, 0.2) is 5.82 Å². The molecule has 1 N–H and O–H groups in total. The zero-order valence-corrected chi connectivity index (χ0v) is 12.9. The Hall–Kier alpha value is -1.75. The second-order valence-corrected chi connectivity index (χ2v) is 5.46. The molecule has 2 aromatic rings. The number of hydrogen-bond donors (Lipinski definition) is 1. The number of aryl methyl sites for hydroxylation is 1. The van der Waals surface area contributed by atoms with E-state index in [1.54, 1.807) is 4.68 Å². The molecule has 0 aliphatic rings. The number of aromatic amines is 1. The maximum absolute atomic E-state index is 5.19. The molecule has 20 heavy (non-hydrogen) atoms. The maximum atomic E-state index is 5.19. The monoisotopic (exact) mass is 288 g/mol. The van der Waals surface area contributed by atoms with Crippen molar-refractivity contribution in [3.63, 3.8) is 0 Å². The summed E-state index contributed by atoms with van der Waals surface area (Å²) in [7, 11) is 0. The van der Waals surface area contributed by atoms with Crippen LogP contribution in [0.25, 0.3) is 0 Å². The van der Waals surface area contributed by atoms with E-state index in [1.807, 2.05) is 6.21 Å². The Morgan fingerprint density at radius 3 is 2.65 bits per heavy atom. The van der Waals surface area contributed by atoms with Crippen molar-refractivity contribution in [3.8, 4) is 0 Å². The molecule has 106 valence electrons. The van der Waals surface area contributed by atoms with Crippen molar-refractivity contribution >= 4 is 18.4 Å². The van der Waals surface area contributed by atoms with E-state index >= 15 is 0 Å². The Kier molecular flexibility index (Phi) is 4.84. The van der Waals surface area contributed by atoms with Crippen LogP contribution in [0.3, 0.4) is 0 Å². The van der Waals surface area contributed by atoms with Crippen LogP contribution < -0.4 is 0 Å². The fourth-order valence-corrected chi connectivity index (χ4v) is 2.12. The molecule has 0 radical (unpaired) electrons. The van der Waals surface area contributed by atoms with Gasteiger partial charge in [0.2, 0.25) is 4.77 Å². The summed E-state index contributed by atoms with van der Waals surface area (Å²) in [6.45, 7) is 6.48.